The summed E-state index contributed by atoms with van der Waals surface area (Å²) in [5, 5.41) is 4.18. The van der Waals surface area contributed by atoms with Gasteiger partial charge in [0.2, 0.25) is 0 Å². The first-order valence-corrected chi connectivity index (χ1v) is 9.08. The van der Waals surface area contributed by atoms with Crippen LogP contribution in [0.1, 0.15) is 32.9 Å². The summed E-state index contributed by atoms with van der Waals surface area (Å²) in [4.78, 5) is 14.3. The van der Waals surface area contributed by atoms with Crippen LogP contribution in [0, 0.1) is 19.7 Å². The quantitative estimate of drug-likeness (QED) is 0.586. The van der Waals surface area contributed by atoms with Crippen molar-refractivity contribution in [2.24, 2.45) is 0 Å². The molecule has 1 heterocycles. The number of rotatable bonds is 6. The maximum absolute atomic E-state index is 14.0. The lowest BCUT2D eigenvalue weighted by molar-refractivity contribution is 0.0779. The Morgan fingerprint density at radius 1 is 1.18 bits per heavy atom. The summed E-state index contributed by atoms with van der Waals surface area (Å²) in [5.41, 5.74) is 2.24. The molecule has 0 N–H and O–H groups in total. The molecule has 0 bridgehead atoms. The van der Waals surface area contributed by atoms with E-state index in [1.165, 1.54) is 17.0 Å². The smallest absolute Gasteiger partial charge is 0.257 e. The monoisotopic (exact) mass is 402 g/mol. The molecule has 0 aliphatic carbocycles. The topological polar surface area (TPSA) is 55.6 Å². The molecule has 1 amide bonds. The van der Waals surface area contributed by atoms with Gasteiger partial charge < -0.3 is 14.2 Å². The van der Waals surface area contributed by atoms with Crippen molar-refractivity contribution in [2.75, 3.05) is 7.05 Å². The summed E-state index contributed by atoms with van der Waals surface area (Å²) in [6.45, 7) is 3.91. The number of hydrogen-bond donors (Lipinski definition) is 0. The standard InChI is InChI=1S/C21H20ClFN2O3/c1-13-17(14(2)28-24-13)12-27-20-10-5-4-7-15(20)21(26)25(3)11-16-18(22)8-6-9-19(16)23/h4-10H,11-12H2,1-3H3. The lowest BCUT2D eigenvalue weighted by Gasteiger charge is -2.20. The first kappa shape index (κ1) is 19.9. The predicted octanol–water partition coefficient (Wildman–Crippen LogP) is 4.94. The van der Waals surface area contributed by atoms with Gasteiger partial charge in [0.25, 0.3) is 5.91 Å². The van der Waals surface area contributed by atoms with Gasteiger partial charge in [-0.15, -0.1) is 0 Å². The lowest BCUT2D eigenvalue weighted by atomic mass is 10.1. The van der Waals surface area contributed by atoms with Crippen molar-refractivity contribution in [3.8, 4) is 5.75 Å². The SMILES string of the molecule is Cc1noc(C)c1COc1ccccc1C(=O)N(C)Cc1c(F)cccc1Cl. The van der Waals surface area contributed by atoms with Crippen molar-refractivity contribution in [1.29, 1.82) is 0 Å². The third-order valence-corrected chi connectivity index (χ3v) is 4.83. The molecular formula is C21H20ClFN2O3. The number of aromatic nitrogens is 1. The fourth-order valence-electron chi connectivity index (χ4n) is 2.83. The Morgan fingerprint density at radius 3 is 2.61 bits per heavy atom. The molecule has 3 aromatic rings. The normalized spacial score (nSPS) is 10.8. The van der Waals surface area contributed by atoms with Gasteiger partial charge in [-0.05, 0) is 38.1 Å². The van der Waals surface area contributed by atoms with Crippen LogP contribution in [0.5, 0.6) is 5.75 Å². The molecule has 2 aromatic carbocycles. The number of ether oxygens (including phenoxy) is 1. The Kier molecular flexibility index (Phi) is 5.99. The molecular weight excluding hydrogens is 383 g/mol. The number of carbonyl (C=O) groups is 1. The van der Waals surface area contributed by atoms with Crippen LogP contribution < -0.4 is 4.74 Å². The molecule has 0 spiro atoms. The average molecular weight is 403 g/mol. The molecule has 0 radical (unpaired) electrons. The highest BCUT2D eigenvalue weighted by Gasteiger charge is 2.20. The summed E-state index contributed by atoms with van der Waals surface area (Å²) in [7, 11) is 1.59. The number of nitrogens with zero attached hydrogens (tertiary/aromatic N) is 2. The van der Waals surface area contributed by atoms with Gasteiger partial charge in [0.15, 0.2) is 0 Å². The molecule has 0 fully saturated rings. The van der Waals surface area contributed by atoms with Crippen molar-refractivity contribution in [3.05, 3.63) is 81.4 Å². The van der Waals surface area contributed by atoms with Crippen LogP contribution in [-0.4, -0.2) is 23.0 Å². The molecule has 28 heavy (non-hydrogen) atoms. The van der Waals surface area contributed by atoms with Crippen LogP contribution in [-0.2, 0) is 13.2 Å². The Labute approximate surface area is 167 Å². The molecule has 3 rings (SSSR count). The van der Waals surface area contributed by atoms with Crippen molar-refractivity contribution in [3.63, 3.8) is 0 Å². The van der Waals surface area contributed by atoms with E-state index in [-0.39, 0.29) is 29.6 Å². The molecule has 146 valence electrons. The van der Waals surface area contributed by atoms with E-state index >= 15 is 0 Å². The van der Waals surface area contributed by atoms with Crippen LogP contribution in [0.2, 0.25) is 5.02 Å². The second kappa shape index (κ2) is 8.44. The van der Waals surface area contributed by atoms with E-state index in [1.54, 1.807) is 37.4 Å². The van der Waals surface area contributed by atoms with Crippen LogP contribution in [0.3, 0.4) is 0 Å². The van der Waals surface area contributed by atoms with Gasteiger partial charge in [0.1, 0.15) is 23.9 Å². The first-order valence-electron chi connectivity index (χ1n) is 8.70. The Morgan fingerprint density at radius 2 is 1.93 bits per heavy atom. The lowest BCUT2D eigenvalue weighted by Crippen LogP contribution is -2.27. The van der Waals surface area contributed by atoms with Gasteiger partial charge in [0, 0.05) is 24.2 Å². The highest BCUT2D eigenvalue weighted by Crippen LogP contribution is 2.25. The Hall–Kier alpha value is -2.86. The maximum atomic E-state index is 14.0. The van der Waals surface area contributed by atoms with Gasteiger partial charge in [-0.1, -0.05) is 35.0 Å². The highest BCUT2D eigenvalue weighted by molar-refractivity contribution is 6.31. The van der Waals surface area contributed by atoms with Crippen molar-refractivity contribution < 1.29 is 18.4 Å². The van der Waals surface area contributed by atoms with E-state index in [9.17, 15) is 9.18 Å². The number of hydrogen-bond acceptors (Lipinski definition) is 4. The molecule has 0 aliphatic rings. The fourth-order valence-corrected chi connectivity index (χ4v) is 3.05. The zero-order chi connectivity index (χ0) is 20.3. The van der Waals surface area contributed by atoms with Gasteiger partial charge in [-0.3, -0.25) is 4.79 Å². The van der Waals surface area contributed by atoms with Gasteiger partial charge in [-0.25, -0.2) is 4.39 Å². The molecule has 0 aliphatic heterocycles. The fraction of sp³-hybridized carbons (Fsp3) is 0.238. The number of amides is 1. The second-order valence-corrected chi connectivity index (χ2v) is 6.86. The zero-order valence-electron chi connectivity index (χ0n) is 15.8. The minimum atomic E-state index is -0.449. The van der Waals surface area contributed by atoms with E-state index < -0.39 is 5.82 Å². The van der Waals surface area contributed by atoms with E-state index in [0.717, 1.165) is 11.3 Å². The second-order valence-electron chi connectivity index (χ2n) is 6.45. The summed E-state index contributed by atoms with van der Waals surface area (Å²) in [6, 6.07) is 11.4. The molecule has 1 aromatic heterocycles. The summed E-state index contributed by atoms with van der Waals surface area (Å²) in [5.74, 6) is 0.357. The molecule has 0 saturated carbocycles. The van der Waals surface area contributed by atoms with Crippen molar-refractivity contribution in [2.45, 2.75) is 27.0 Å². The zero-order valence-corrected chi connectivity index (χ0v) is 16.6. The highest BCUT2D eigenvalue weighted by atomic mass is 35.5. The molecule has 7 heteroatoms. The maximum Gasteiger partial charge on any atom is 0.257 e. The van der Waals surface area contributed by atoms with E-state index in [0.29, 0.717) is 17.1 Å². The number of aryl methyl sites for hydroxylation is 2. The average Bonchev–Trinajstić information content (AvgIpc) is 3.00. The number of benzene rings is 2. The minimum Gasteiger partial charge on any atom is -0.488 e. The van der Waals surface area contributed by atoms with Crippen LogP contribution in [0.15, 0.2) is 47.0 Å². The van der Waals surface area contributed by atoms with Gasteiger partial charge in [-0.2, -0.15) is 0 Å². The van der Waals surface area contributed by atoms with Crippen molar-refractivity contribution in [1.82, 2.24) is 10.1 Å². The van der Waals surface area contributed by atoms with Gasteiger partial charge in [0.05, 0.1) is 16.8 Å². The summed E-state index contributed by atoms with van der Waals surface area (Å²) in [6.07, 6.45) is 0. The Bertz CT molecular complexity index is 963. The molecule has 0 saturated heterocycles. The van der Waals surface area contributed by atoms with Crippen LogP contribution >= 0.6 is 11.6 Å². The summed E-state index contributed by atoms with van der Waals surface area (Å²) >= 11 is 6.07. The largest absolute Gasteiger partial charge is 0.488 e. The predicted molar refractivity (Wildman–Crippen MR) is 104 cm³/mol. The number of halogens is 2. The number of carbonyl (C=O) groups excluding carboxylic acids is 1. The molecule has 0 unspecified atom stereocenters. The van der Waals surface area contributed by atoms with Crippen LogP contribution in [0.4, 0.5) is 4.39 Å². The Balaban J connectivity index is 1.78. The summed E-state index contributed by atoms with van der Waals surface area (Å²) < 4.78 is 25.0. The van der Waals surface area contributed by atoms with E-state index in [4.69, 9.17) is 20.9 Å². The molecule has 0 atom stereocenters. The van der Waals surface area contributed by atoms with Crippen LogP contribution in [0.25, 0.3) is 0 Å². The van der Waals surface area contributed by atoms with Gasteiger partial charge >= 0.3 is 0 Å². The number of para-hydroxylation sites is 1. The third-order valence-electron chi connectivity index (χ3n) is 4.47. The van der Waals surface area contributed by atoms with E-state index in [1.807, 2.05) is 13.8 Å². The third kappa shape index (κ3) is 4.17. The van der Waals surface area contributed by atoms with Crippen molar-refractivity contribution >= 4 is 17.5 Å². The molecule has 5 nitrogen and oxygen atoms in total. The van der Waals surface area contributed by atoms with E-state index in [2.05, 4.69) is 5.16 Å². The minimum absolute atomic E-state index is 0.0442. The first-order chi connectivity index (χ1) is 13.4.